The van der Waals surface area contributed by atoms with E-state index in [1.807, 2.05) is 24.1 Å². The second-order valence-electron chi connectivity index (χ2n) is 4.94. The Labute approximate surface area is 112 Å². The minimum absolute atomic E-state index is 0.676. The third-order valence-corrected chi connectivity index (χ3v) is 3.95. The molecular weight excluding hydrogens is 244 g/mol. The summed E-state index contributed by atoms with van der Waals surface area (Å²) in [6.45, 7) is 8.45. The molecule has 2 rings (SSSR count). The van der Waals surface area contributed by atoms with Gasteiger partial charge in [-0.3, -0.25) is 0 Å². The van der Waals surface area contributed by atoms with Crippen LogP contribution in [0.15, 0.2) is 12.5 Å². The molecule has 1 N–H and O–H groups in total. The van der Waals surface area contributed by atoms with Crippen molar-refractivity contribution >= 4 is 11.3 Å². The van der Waals surface area contributed by atoms with E-state index in [9.17, 15) is 0 Å². The number of rotatable bonds is 5. The summed E-state index contributed by atoms with van der Waals surface area (Å²) in [7, 11) is 2.00. The van der Waals surface area contributed by atoms with E-state index in [4.69, 9.17) is 0 Å². The van der Waals surface area contributed by atoms with Crippen molar-refractivity contribution in [2.75, 3.05) is 6.54 Å². The average Bonchev–Trinajstić information content (AvgIpc) is 2.85. The van der Waals surface area contributed by atoms with Crippen molar-refractivity contribution in [2.45, 2.75) is 27.3 Å². The Morgan fingerprint density at radius 3 is 2.83 bits per heavy atom. The van der Waals surface area contributed by atoms with Crippen molar-refractivity contribution in [1.29, 1.82) is 0 Å². The summed E-state index contributed by atoms with van der Waals surface area (Å²) in [5.41, 5.74) is 2.20. The van der Waals surface area contributed by atoms with Gasteiger partial charge in [0.25, 0.3) is 0 Å². The number of aromatic nitrogens is 3. The Bertz CT molecular complexity index is 513. The molecule has 18 heavy (non-hydrogen) atoms. The van der Waals surface area contributed by atoms with E-state index in [1.54, 1.807) is 11.3 Å². The summed E-state index contributed by atoms with van der Waals surface area (Å²) in [5, 5.41) is 4.51. The Morgan fingerprint density at radius 2 is 2.22 bits per heavy atom. The highest BCUT2D eigenvalue weighted by Gasteiger charge is 2.11. The molecule has 2 aromatic heterocycles. The van der Waals surface area contributed by atoms with Crippen molar-refractivity contribution in [3.8, 4) is 10.7 Å². The molecule has 0 aliphatic carbocycles. The quantitative estimate of drug-likeness (QED) is 0.902. The lowest BCUT2D eigenvalue weighted by molar-refractivity contribution is 0.554. The van der Waals surface area contributed by atoms with Gasteiger partial charge in [-0.15, -0.1) is 11.3 Å². The SMILES string of the molecule is Cc1nc(-c2cncn2C)sc1CNCC(C)C. The molecule has 0 aliphatic heterocycles. The van der Waals surface area contributed by atoms with E-state index < -0.39 is 0 Å². The third kappa shape index (κ3) is 2.97. The number of imidazole rings is 1. The number of nitrogens with one attached hydrogen (secondary N) is 1. The van der Waals surface area contributed by atoms with Crippen molar-refractivity contribution in [3.63, 3.8) is 0 Å². The highest BCUT2D eigenvalue weighted by Crippen LogP contribution is 2.27. The Balaban J connectivity index is 2.10. The summed E-state index contributed by atoms with van der Waals surface area (Å²) in [4.78, 5) is 10.1. The van der Waals surface area contributed by atoms with E-state index in [2.05, 4.69) is 36.1 Å². The lowest BCUT2D eigenvalue weighted by Crippen LogP contribution is -2.18. The molecule has 0 atom stereocenters. The highest BCUT2D eigenvalue weighted by molar-refractivity contribution is 7.15. The van der Waals surface area contributed by atoms with Crippen molar-refractivity contribution in [1.82, 2.24) is 19.9 Å². The zero-order valence-corrected chi connectivity index (χ0v) is 12.2. The molecule has 2 heterocycles. The first-order valence-corrected chi connectivity index (χ1v) is 7.03. The van der Waals surface area contributed by atoms with Crippen LogP contribution in [0, 0.1) is 12.8 Å². The van der Waals surface area contributed by atoms with Crippen molar-refractivity contribution in [3.05, 3.63) is 23.1 Å². The van der Waals surface area contributed by atoms with Gasteiger partial charge in [-0.1, -0.05) is 13.8 Å². The molecule has 98 valence electrons. The lowest BCUT2D eigenvalue weighted by Gasteiger charge is -2.05. The Hall–Kier alpha value is -1.20. The van der Waals surface area contributed by atoms with Crippen LogP contribution in [0.4, 0.5) is 0 Å². The summed E-state index contributed by atoms with van der Waals surface area (Å²) in [6.07, 6.45) is 3.67. The van der Waals surface area contributed by atoms with Crippen LogP contribution in [0.5, 0.6) is 0 Å². The predicted octanol–water partition coefficient (Wildman–Crippen LogP) is 2.60. The van der Waals surface area contributed by atoms with Gasteiger partial charge in [-0.2, -0.15) is 0 Å². The fourth-order valence-electron chi connectivity index (χ4n) is 1.74. The van der Waals surface area contributed by atoms with Gasteiger partial charge in [0.15, 0.2) is 0 Å². The molecule has 0 amide bonds. The van der Waals surface area contributed by atoms with E-state index in [1.165, 1.54) is 4.88 Å². The predicted molar refractivity (Wildman–Crippen MR) is 75.6 cm³/mol. The minimum Gasteiger partial charge on any atom is -0.332 e. The van der Waals surface area contributed by atoms with E-state index in [0.29, 0.717) is 5.92 Å². The molecule has 0 bridgehead atoms. The third-order valence-electron chi connectivity index (χ3n) is 2.77. The molecule has 0 aromatic carbocycles. The van der Waals surface area contributed by atoms with Crippen LogP contribution < -0.4 is 5.32 Å². The maximum absolute atomic E-state index is 4.63. The summed E-state index contributed by atoms with van der Waals surface area (Å²) in [5.74, 6) is 0.676. The number of aryl methyl sites for hydroxylation is 2. The van der Waals surface area contributed by atoms with Gasteiger partial charge in [-0.05, 0) is 19.4 Å². The largest absolute Gasteiger partial charge is 0.332 e. The molecular formula is C13H20N4S. The van der Waals surface area contributed by atoms with Crippen LogP contribution in [-0.2, 0) is 13.6 Å². The number of thiazole rings is 1. The fourth-order valence-corrected chi connectivity index (χ4v) is 2.82. The van der Waals surface area contributed by atoms with Gasteiger partial charge in [0.05, 0.1) is 23.9 Å². The van der Waals surface area contributed by atoms with Crippen LogP contribution in [0.25, 0.3) is 10.7 Å². The van der Waals surface area contributed by atoms with Crippen LogP contribution in [0.2, 0.25) is 0 Å². The molecule has 2 aromatic rings. The van der Waals surface area contributed by atoms with Crippen LogP contribution >= 0.6 is 11.3 Å². The topological polar surface area (TPSA) is 42.7 Å². The van der Waals surface area contributed by atoms with Gasteiger partial charge in [0.1, 0.15) is 5.01 Å². The van der Waals surface area contributed by atoms with E-state index in [0.717, 1.165) is 29.5 Å². The average molecular weight is 264 g/mol. The van der Waals surface area contributed by atoms with Crippen molar-refractivity contribution in [2.24, 2.45) is 13.0 Å². The fraction of sp³-hybridized carbons (Fsp3) is 0.538. The Kier molecular flexibility index (Phi) is 4.14. The number of hydrogen-bond donors (Lipinski definition) is 1. The lowest BCUT2D eigenvalue weighted by atomic mass is 10.2. The van der Waals surface area contributed by atoms with Gasteiger partial charge in [0, 0.05) is 18.5 Å². The monoisotopic (exact) mass is 264 g/mol. The van der Waals surface area contributed by atoms with Crippen LogP contribution in [0.3, 0.4) is 0 Å². The van der Waals surface area contributed by atoms with Crippen LogP contribution in [0.1, 0.15) is 24.4 Å². The van der Waals surface area contributed by atoms with Gasteiger partial charge in [0.2, 0.25) is 0 Å². The van der Waals surface area contributed by atoms with Gasteiger partial charge < -0.3 is 9.88 Å². The Morgan fingerprint density at radius 1 is 1.44 bits per heavy atom. The molecule has 0 unspecified atom stereocenters. The second-order valence-corrected chi connectivity index (χ2v) is 6.03. The van der Waals surface area contributed by atoms with Crippen LogP contribution in [-0.4, -0.2) is 21.1 Å². The number of hydrogen-bond acceptors (Lipinski definition) is 4. The molecule has 0 aliphatic rings. The van der Waals surface area contributed by atoms with E-state index in [-0.39, 0.29) is 0 Å². The summed E-state index contributed by atoms with van der Waals surface area (Å²) in [6, 6.07) is 0. The molecule has 0 saturated heterocycles. The molecule has 0 saturated carbocycles. The molecule has 0 radical (unpaired) electrons. The number of nitrogens with zero attached hydrogens (tertiary/aromatic N) is 3. The van der Waals surface area contributed by atoms with Gasteiger partial charge in [-0.25, -0.2) is 9.97 Å². The normalized spacial score (nSPS) is 11.4. The second kappa shape index (κ2) is 5.63. The molecule has 5 heteroatoms. The first kappa shape index (κ1) is 13.2. The molecule has 4 nitrogen and oxygen atoms in total. The minimum atomic E-state index is 0.676. The first-order chi connectivity index (χ1) is 8.58. The summed E-state index contributed by atoms with van der Waals surface area (Å²) >= 11 is 1.75. The molecule has 0 fully saturated rings. The maximum atomic E-state index is 4.63. The maximum Gasteiger partial charge on any atom is 0.142 e. The summed E-state index contributed by atoms with van der Waals surface area (Å²) < 4.78 is 2.00. The van der Waals surface area contributed by atoms with Gasteiger partial charge >= 0.3 is 0 Å². The zero-order valence-electron chi connectivity index (χ0n) is 11.4. The smallest absolute Gasteiger partial charge is 0.142 e. The zero-order chi connectivity index (χ0) is 13.1. The van der Waals surface area contributed by atoms with Crippen molar-refractivity contribution < 1.29 is 0 Å². The molecule has 0 spiro atoms. The standard InChI is InChI=1S/C13H20N4S/c1-9(2)5-14-7-12-10(3)16-13(18-12)11-6-15-8-17(11)4/h6,8-9,14H,5,7H2,1-4H3. The van der Waals surface area contributed by atoms with E-state index >= 15 is 0 Å². The highest BCUT2D eigenvalue weighted by atomic mass is 32.1. The first-order valence-electron chi connectivity index (χ1n) is 6.21.